The van der Waals surface area contributed by atoms with Gasteiger partial charge in [0.1, 0.15) is 0 Å². The van der Waals surface area contributed by atoms with Crippen molar-refractivity contribution in [3.63, 3.8) is 0 Å². The van der Waals surface area contributed by atoms with Crippen LogP contribution in [0.5, 0.6) is 0 Å². The molecule has 1 saturated carbocycles. The number of hydrogen-bond acceptors (Lipinski definition) is 1. The SMILES string of the molecule is CCC(C)c1ccc(CCC(C)(C)CCNC2CC2)cc1. The van der Waals surface area contributed by atoms with Crippen LogP contribution in [0.1, 0.15) is 76.8 Å². The van der Waals surface area contributed by atoms with E-state index in [2.05, 4.69) is 57.3 Å². The van der Waals surface area contributed by atoms with E-state index in [4.69, 9.17) is 0 Å². The second kappa shape index (κ2) is 7.45. The normalized spacial score (nSPS) is 17.0. The van der Waals surface area contributed by atoms with Crippen molar-refractivity contribution >= 4 is 0 Å². The Labute approximate surface area is 131 Å². The number of benzene rings is 1. The third-order valence-electron chi connectivity index (χ3n) is 5.06. The first kappa shape index (κ1) is 16.5. The van der Waals surface area contributed by atoms with Crippen LogP contribution < -0.4 is 5.32 Å². The molecule has 0 spiro atoms. The zero-order valence-electron chi connectivity index (χ0n) is 14.4. The van der Waals surface area contributed by atoms with Crippen LogP contribution in [0.2, 0.25) is 0 Å². The molecule has 0 aromatic heterocycles. The maximum absolute atomic E-state index is 3.64. The van der Waals surface area contributed by atoms with E-state index in [0.717, 1.165) is 6.04 Å². The van der Waals surface area contributed by atoms with Crippen LogP contribution >= 0.6 is 0 Å². The summed E-state index contributed by atoms with van der Waals surface area (Å²) in [6, 6.07) is 10.2. The molecule has 1 aromatic rings. The van der Waals surface area contributed by atoms with Crippen molar-refractivity contribution in [2.24, 2.45) is 5.41 Å². The molecular formula is C20H33N. The molecule has 1 atom stereocenters. The first-order valence-corrected chi connectivity index (χ1v) is 8.82. The number of hydrogen-bond donors (Lipinski definition) is 1. The highest BCUT2D eigenvalue weighted by Gasteiger charge is 2.22. The lowest BCUT2D eigenvalue weighted by Gasteiger charge is -2.25. The van der Waals surface area contributed by atoms with Crippen molar-refractivity contribution in [3.8, 4) is 0 Å². The van der Waals surface area contributed by atoms with Gasteiger partial charge >= 0.3 is 0 Å². The summed E-state index contributed by atoms with van der Waals surface area (Å²) in [7, 11) is 0. The summed E-state index contributed by atoms with van der Waals surface area (Å²) in [6.07, 6.45) is 7.78. The minimum Gasteiger partial charge on any atom is -0.314 e. The molecule has 0 amide bonds. The molecule has 0 radical (unpaired) electrons. The Morgan fingerprint density at radius 1 is 1.14 bits per heavy atom. The van der Waals surface area contributed by atoms with Gasteiger partial charge in [-0.25, -0.2) is 0 Å². The van der Waals surface area contributed by atoms with Crippen LogP contribution in [0.25, 0.3) is 0 Å². The second-order valence-electron chi connectivity index (χ2n) is 7.69. The van der Waals surface area contributed by atoms with E-state index in [-0.39, 0.29) is 0 Å². The Hall–Kier alpha value is -0.820. The predicted molar refractivity (Wildman–Crippen MR) is 92.9 cm³/mol. The van der Waals surface area contributed by atoms with Crippen LogP contribution in [0.4, 0.5) is 0 Å². The summed E-state index contributed by atoms with van der Waals surface area (Å²) < 4.78 is 0. The molecule has 1 aliphatic rings. The minimum absolute atomic E-state index is 0.442. The molecule has 0 aliphatic heterocycles. The maximum Gasteiger partial charge on any atom is 0.00682 e. The van der Waals surface area contributed by atoms with Crippen molar-refractivity contribution in [1.29, 1.82) is 0 Å². The average molecular weight is 287 g/mol. The quantitative estimate of drug-likeness (QED) is 0.650. The Morgan fingerprint density at radius 2 is 1.81 bits per heavy atom. The number of aryl methyl sites for hydroxylation is 1. The molecular weight excluding hydrogens is 254 g/mol. The van der Waals surface area contributed by atoms with Crippen LogP contribution in [0, 0.1) is 5.41 Å². The Kier molecular flexibility index (Phi) is 5.87. The predicted octanol–water partition coefficient (Wildman–Crippen LogP) is 5.30. The van der Waals surface area contributed by atoms with Gasteiger partial charge in [-0.3, -0.25) is 0 Å². The zero-order chi connectivity index (χ0) is 15.3. The summed E-state index contributed by atoms with van der Waals surface area (Å²) in [5.74, 6) is 0.684. The van der Waals surface area contributed by atoms with Crippen LogP contribution in [-0.4, -0.2) is 12.6 Å². The highest BCUT2D eigenvalue weighted by molar-refractivity contribution is 5.25. The lowest BCUT2D eigenvalue weighted by atomic mass is 9.83. The van der Waals surface area contributed by atoms with Crippen LogP contribution in [0.3, 0.4) is 0 Å². The molecule has 1 heteroatoms. The van der Waals surface area contributed by atoms with E-state index in [0.29, 0.717) is 11.3 Å². The second-order valence-corrected chi connectivity index (χ2v) is 7.69. The van der Waals surface area contributed by atoms with Crippen molar-refractivity contribution < 1.29 is 0 Å². The van der Waals surface area contributed by atoms with Crippen LogP contribution in [-0.2, 0) is 6.42 Å². The van der Waals surface area contributed by atoms with Crippen LogP contribution in [0.15, 0.2) is 24.3 Å². The molecule has 1 fully saturated rings. The van der Waals surface area contributed by atoms with E-state index in [1.54, 1.807) is 0 Å². The fourth-order valence-electron chi connectivity index (χ4n) is 2.76. The topological polar surface area (TPSA) is 12.0 Å². The monoisotopic (exact) mass is 287 g/mol. The highest BCUT2D eigenvalue weighted by Crippen LogP contribution is 2.28. The summed E-state index contributed by atoms with van der Waals surface area (Å²) in [4.78, 5) is 0. The van der Waals surface area contributed by atoms with Gasteiger partial charge in [0.05, 0.1) is 0 Å². The maximum atomic E-state index is 3.64. The van der Waals surface area contributed by atoms with Gasteiger partial charge in [-0.05, 0) is 67.5 Å². The lowest BCUT2D eigenvalue weighted by molar-refractivity contribution is 0.302. The van der Waals surface area contributed by atoms with Gasteiger partial charge in [0.25, 0.3) is 0 Å². The molecule has 1 aromatic carbocycles. The van der Waals surface area contributed by atoms with Crippen molar-refractivity contribution in [1.82, 2.24) is 5.32 Å². The molecule has 21 heavy (non-hydrogen) atoms. The smallest absolute Gasteiger partial charge is 0.00682 e. The average Bonchev–Trinajstić information content (AvgIpc) is 3.29. The highest BCUT2D eigenvalue weighted by atomic mass is 14.9. The van der Waals surface area contributed by atoms with Crippen molar-refractivity contribution in [2.45, 2.75) is 78.2 Å². The molecule has 0 heterocycles. The van der Waals surface area contributed by atoms with E-state index >= 15 is 0 Å². The third-order valence-corrected chi connectivity index (χ3v) is 5.06. The molecule has 118 valence electrons. The number of nitrogens with one attached hydrogen (secondary N) is 1. The Balaban J connectivity index is 1.75. The van der Waals surface area contributed by atoms with Crippen molar-refractivity contribution in [3.05, 3.63) is 35.4 Å². The molecule has 1 unspecified atom stereocenters. The number of rotatable bonds is 9. The first-order valence-electron chi connectivity index (χ1n) is 8.82. The molecule has 1 aliphatic carbocycles. The lowest BCUT2D eigenvalue weighted by Crippen LogP contribution is -2.24. The van der Waals surface area contributed by atoms with E-state index in [1.165, 1.54) is 56.2 Å². The van der Waals surface area contributed by atoms with Gasteiger partial charge in [-0.1, -0.05) is 52.0 Å². The molecule has 0 saturated heterocycles. The largest absolute Gasteiger partial charge is 0.314 e. The van der Waals surface area contributed by atoms with Gasteiger partial charge in [0, 0.05) is 6.04 Å². The van der Waals surface area contributed by atoms with Gasteiger partial charge in [-0.15, -0.1) is 0 Å². The fourth-order valence-corrected chi connectivity index (χ4v) is 2.76. The molecule has 0 bridgehead atoms. The molecule has 1 N–H and O–H groups in total. The molecule has 1 nitrogen and oxygen atoms in total. The third kappa shape index (κ3) is 5.82. The van der Waals surface area contributed by atoms with Crippen molar-refractivity contribution in [2.75, 3.05) is 6.54 Å². The van der Waals surface area contributed by atoms with Gasteiger partial charge in [-0.2, -0.15) is 0 Å². The van der Waals surface area contributed by atoms with E-state index < -0.39 is 0 Å². The van der Waals surface area contributed by atoms with Gasteiger partial charge in [0.15, 0.2) is 0 Å². The van der Waals surface area contributed by atoms with E-state index in [9.17, 15) is 0 Å². The standard InChI is InChI=1S/C20H33N/c1-5-16(2)18-8-6-17(7-9-18)12-13-20(3,4)14-15-21-19-10-11-19/h6-9,16,19,21H,5,10-15H2,1-4H3. The first-order chi connectivity index (χ1) is 10.00. The zero-order valence-corrected chi connectivity index (χ0v) is 14.4. The fraction of sp³-hybridized carbons (Fsp3) is 0.700. The van der Waals surface area contributed by atoms with E-state index in [1.807, 2.05) is 0 Å². The summed E-state index contributed by atoms with van der Waals surface area (Å²) in [5, 5.41) is 3.64. The Bertz CT molecular complexity index is 414. The summed E-state index contributed by atoms with van der Waals surface area (Å²) in [5.41, 5.74) is 3.41. The molecule has 2 rings (SSSR count). The summed E-state index contributed by atoms with van der Waals surface area (Å²) >= 11 is 0. The minimum atomic E-state index is 0.442. The summed E-state index contributed by atoms with van der Waals surface area (Å²) in [6.45, 7) is 10.6. The van der Waals surface area contributed by atoms with Gasteiger partial charge in [0.2, 0.25) is 0 Å². The Morgan fingerprint density at radius 3 is 2.38 bits per heavy atom. The van der Waals surface area contributed by atoms with Gasteiger partial charge < -0.3 is 5.32 Å².